The minimum atomic E-state index is -0.410. The van der Waals surface area contributed by atoms with E-state index in [2.05, 4.69) is 11.8 Å². The Bertz CT molecular complexity index is 258. The van der Waals surface area contributed by atoms with Gasteiger partial charge in [-0.15, -0.1) is 0 Å². The monoisotopic (exact) mass is 245 g/mol. The van der Waals surface area contributed by atoms with Gasteiger partial charge in [-0.1, -0.05) is 6.92 Å². The number of nitrogens with zero attached hydrogens (tertiary/aromatic N) is 1. The van der Waals surface area contributed by atoms with Crippen LogP contribution in [-0.2, 0) is 14.3 Å². The Labute approximate surface area is 101 Å². The Morgan fingerprint density at radius 2 is 2.25 bits per heavy atom. The number of carbonyl (C=O) groups excluding carboxylic acids is 2. The minimum absolute atomic E-state index is 0.0439. The molecule has 0 bridgehead atoms. The van der Waals surface area contributed by atoms with Crippen molar-refractivity contribution in [1.82, 2.24) is 4.90 Å². The highest BCUT2D eigenvalue weighted by molar-refractivity contribution is 7.99. The van der Waals surface area contributed by atoms with E-state index in [9.17, 15) is 9.59 Å². The third-order valence-corrected chi connectivity index (χ3v) is 3.51. The van der Waals surface area contributed by atoms with Crippen LogP contribution in [-0.4, -0.2) is 53.9 Å². The second-order valence-electron chi connectivity index (χ2n) is 3.94. The van der Waals surface area contributed by atoms with Gasteiger partial charge in [0.05, 0.1) is 13.2 Å². The molecule has 92 valence electrons. The second-order valence-corrected chi connectivity index (χ2v) is 5.48. The first kappa shape index (κ1) is 13.5. The van der Waals surface area contributed by atoms with E-state index in [4.69, 9.17) is 4.74 Å². The van der Waals surface area contributed by atoms with Gasteiger partial charge in [-0.05, 0) is 6.92 Å². The molecule has 1 atom stereocenters. The van der Waals surface area contributed by atoms with Crippen LogP contribution in [0, 0.1) is 0 Å². The summed E-state index contributed by atoms with van der Waals surface area (Å²) in [7, 11) is 0. The average Bonchev–Trinajstić information content (AvgIpc) is 2.17. The van der Waals surface area contributed by atoms with Crippen LogP contribution in [0.1, 0.15) is 20.3 Å². The Morgan fingerprint density at radius 1 is 1.50 bits per heavy atom. The highest BCUT2D eigenvalue weighted by atomic mass is 32.2. The number of carbonyl (C=O) groups is 2. The van der Waals surface area contributed by atoms with E-state index in [0.29, 0.717) is 18.4 Å². The topological polar surface area (TPSA) is 46.6 Å². The van der Waals surface area contributed by atoms with Gasteiger partial charge in [-0.3, -0.25) is 14.5 Å². The molecule has 0 aromatic heterocycles. The summed E-state index contributed by atoms with van der Waals surface area (Å²) in [5.41, 5.74) is 0. The van der Waals surface area contributed by atoms with E-state index in [1.54, 1.807) is 6.92 Å². The molecule has 0 spiro atoms. The number of thioether (sulfide) groups is 1. The summed E-state index contributed by atoms with van der Waals surface area (Å²) in [6.45, 7) is 6.48. The van der Waals surface area contributed by atoms with Gasteiger partial charge in [-0.25, -0.2) is 0 Å². The maximum Gasteiger partial charge on any atom is 0.313 e. The molecule has 1 aliphatic rings. The van der Waals surface area contributed by atoms with Crippen LogP contribution in [0.25, 0.3) is 0 Å². The number of rotatable bonds is 5. The highest BCUT2D eigenvalue weighted by Gasteiger charge is 2.20. The van der Waals surface area contributed by atoms with Crippen LogP contribution in [0.4, 0.5) is 0 Å². The molecule has 0 aromatic rings. The Kier molecular flexibility index (Phi) is 5.84. The fourth-order valence-electron chi connectivity index (χ4n) is 1.71. The van der Waals surface area contributed by atoms with Crippen LogP contribution < -0.4 is 0 Å². The van der Waals surface area contributed by atoms with Crippen molar-refractivity contribution < 1.29 is 14.3 Å². The predicted octanol–water partition coefficient (Wildman–Crippen LogP) is 0.946. The van der Waals surface area contributed by atoms with E-state index >= 15 is 0 Å². The predicted molar refractivity (Wildman–Crippen MR) is 64.6 cm³/mol. The van der Waals surface area contributed by atoms with Crippen molar-refractivity contribution in [1.29, 1.82) is 0 Å². The Balaban J connectivity index is 2.25. The first-order chi connectivity index (χ1) is 7.61. The van der Waals surface area contributed by atoms with E-state index in [0.717, 1.165) is 18.8 Å². The molecule has 1 fully saturated rings. The molecule has 0 aliphatic carbocycles. The van der Waals surface area contributed by atoms with E-state index < -0.39 is 5.97 Å². The molecule has 1 unspecified atom stereocenters. The molecule has 1 saturated heterocycles. The minimum Gasteiger partial charge on any atom is -0.466 e. The van der Waals surface area contributed by atoms with Crippen LogP contribution in [0.3, 0.4) is 0 Å². The molecule has 0 radical (unpaired) electrons. The second kappa shape index (κ2) is 6.91. The molecule has 4 nitrogen and oxygen atoms in total. The Hall–Kier alpha value is -0.550. The average molecular weight is 245 g/mol. The number of ether oxygens (including phenoxy) is 1. The maximum atomic E-state index is 11.6. The third-order valence-electron chi connectivity index (χ3n) is 2.37. The van der Waals surface area contributed by atoms with Gasteiger partial charge in [0.15, 0.2) is 5.78 Å². The van der Waals surface area contributed by atoms with Gasteiger partial charge >= 0.3 is 5.97 Å². The van der Waals surface area contributed by atoms with Crippen LogP contribution in [0.2, 0.25) is 0 Å². The molecule has 0 saturated carbocycles. The van der Waals surface area contributed by atoms with Crippen molar-refractivity contribution >= 4 is 23.5 Å². The lowest BCUT2D eigenvalue weighted by molar-refractivity contribution is -0.145. The molecule has 1 heterocycles. The van der Waals surface area contributed by atoms with Crippen molar-refractivity contribution in [2.24, 2.45) is 0 Å². The lowest BCUT2D eigenvalue weighted by Gasteiger charge is -2.29. The number of Topliss-reactive ketones (excluding diaryl/α,β-unsaturated/α-hetero) is 1. The quantitative estimate of drug-likeness (QED) is 0.533. The lowest BCUT2D eigenvalue weighted by atomic mass is 10.2. The van der Waals surface area contributed by atoms with E-state index in [1.165, 1.54) is 0 Å². The van der Waals surface area contributed by atoms with Crippen molar-refractivity contribution in [2.45, 2.75) is 25.5 Å². The summed E-state index contributed by atoms with van der Waals surface area (Å²) in [5.74, 6) is 0.609. The molecular weight excluding hydrogens is 226 g/mol. The normalized spacial score (nSPS) is 21.8. The number of esters is 1. The van der Waals surface area contributed by atoms with Gasteiger partial charge < -0.3 is 4.74 Å². The van der Waals surface area contributed by atoms with Crippen molar-refractivity contribution in [3.63, 3.8) is 0 Å². The first-order valence-corrected chi connectivity index (χ1v) is 6.68. The lowest BCUT2D eigenvalue weighted by Crippen LogP contribution is -2.40. The van der Waals surface area contributed by atoms with Crippen LogP contribution in [0.5, 0.6) is 0 Å². The number of ketones is 1. The summed E-state index contributed by atoms with van der Waals surface area (Å²) < 4.78 is 4.74. The smallest absolute Gasteiger partial charge is 0.313 e. The zero-order valence-corrected chi connectivity index (χ0v) is 10.7. The van der Waals surface area contributed by atoms with Gasteiger partial charge in [0.25, 0.3) is 0 Å². The van der Waals surface area contributed by atoms with E-state index in [-0.39, 0.29) is 12.2 Å². The molecule has 0 aromatic carbocycles. The first-order valence-electron chi connectivity index (χ1n) is 5.63. The maximum absolute atomic E-state index is 11.6. The SMILES string of the molecule is CCOC(=O)CC(=O)CN1CCSC(C)C1. The molecule has 0 N–H and O–H groups in total. The number of hydrogen-bond donors (Lipinski definition) is 0. The van der Waals surface area contributed by atoms with Gasteiger partial charge in [-0.2, -0.15) is 11.8 Å². The fourth-order valence-corrected chi connectivity index (χ4v) is 2.79. The zero-order valence-electron chi connectivity index (χ0n) is 9.90. The summed E-state index contributed by atoms with van der Waals surface area (Å²) in [6, 6.07) is 0. The zero-order chi connectivity index (χ0) is 12.0. The van der Waals surface area contributed by atoms with Crippen molar-refractivity contribution in [3.05, 3.63) is 0 Å². The molecule has 0 amide bonds. The number of hydrogen-bond acceptors (Lipinski definition) is 5. The standard InChI is InChI=1S/C11H19NO3S/c1-3-15-11(14)6-10(13)8-12-4-5-16-9(2)7-12/h9H,3-8H2,1-2H3. The van der Waals surface area contributed by atoms with Gasteiger partial charge in [0.2, 0.25) is 0 Å². The largest absolute Gasteiger partial charge is 0.466 e. The molecule has 1 rings (SSSR count). The molecule has 1 aliphatic heterocycles. The van der Waals surface area contributed by atoms with E-state index in [1.807, 2.05) is 11.8 Å². The molecule has 16 heavy (non-hydrogen) atoms. The highest BCUT2D eigenvalue weighted by Crippen LogP contribution is 2.17. The molecule has 5 heteroatoms. The fraction of sp³-hybridized carbons (Fsp3) is 0.818. The Morgan fingerprint density at radius 3 is 2.88 bits per heavy atom. The van der Waals surface area contributed by atoms with Gasteiger partial charge in [0.1, 0.15) is 6.42 Å². The van der Waals surface area contributed by atoms with Crippen LogP contribution >= 0.6 is 11.8 Å². The summed E-state index contributed by atoms with van der Waals surface area (Å²) in [5, 5.41) is 0.573. The van der Waals surface area contributed by atoms with Crippen molar-refractivity contribution in [3.8, 4) is 0 Å². The van der Waals surface area contributed by atoms with Crippen molar-refractivity contribution in [2.75, 3.05) is 32.0 Å². The summed E-state index contributed by atoms with van der Waals surface area (Å²) >= 11 is 1.93. The van der Waals surface area contributed by atoms with Gasteiger partial charge in [0, 0.05) is 24.1 Å². The molecular formula is C11H19NO3S. The summed E-state index contributed by atoms with van der Waals surface area (Å²) in [4.78, 5) is 24.8. The van der Waals surface area contributed by atoms with Crippen LogP contribution in [0.15, 0.2) is 0 Å². The third kappa shape index (κ3) is 4.99. The summed E-state index contributed by atoms with van der Waals surface area (Å²) in [6.07, 6.45) is -0.0914.